The van der Waals surface area contributed by atoms with Crippen molar-refractivity contribution in [3.63, 3.8) is 0 Å². The van der Waals surface area contributed by atoms with Crippen molar-refractivity contribution in [3.05, 3.63) is 47.5 Å². The van der Waals surface area contributed by atoms with E-state index >= 15 is 0 Å². The van der Waals surface area contributed by atoms with Gasteiger partial charge in [0, 0.05) is 20.0 Å². The summed E-state index contributed by atoms with van der Waals surface area (Å²) in [6, 6.07) is 7.75. The SMILES string of the molecule is Cc1cccc([C@@H](C(=O)NCCc2nncn2C)N(C)C)c1. The molecule has 1 N–H and O–H groups in total. The Hall–Kier alpha value is -2.21. The van der Waals surface area contributed by atoms with Crippen LogP contribution in [0.3, 0.4) is 0 Å². The van der Waals surface area contributed by atoms with Crippen LogP contribution in [-0.2, 0) is 18.3 Å². The van der Waals surface area contributed by atoms with Crippen LogP contribution in [0.2, 0.25) is 0 Å². The Kier molecular flexibility index (Phi) is 5.27. The van der Waals surface area contributed by atoms with Crippen LogP contribution >= 0.6 is 0 Å². The van der Waals surface area contributed by atoms with Crippen molar-refractivity contribution in [3.8, 4) is 0 Å². The van der Waals surface area contributed by atoms with Crippen LogP contribution in [0.5, 0.6) is 0 Å². The van der Waals surface area contributed by atoms with Gasteiger partial charge in [-0.2, -0.15) is 0 Å². The molecule has 1 aromatic carbocycles. The number of hydrogen-bond donors (Lipinski definition) is 1. The summed E-state index contributed by atoms with van der Waals surface area (Å²) in [5.41, 5.74) is 2.15. The second-order valence-electron chi connectivity index (χ2n) is 5.68. The van der Waals surface area contributed by atoms with Crippen molar-refractivity contribution in [2.24, 2.45) is 7.05 Å². The first-order valence-electron chi connectivity index (χ1n) is 7.32. The van der Waals surface area contributed by atoms with Crippen LogP contribution in [0.15, 0.2) is 30.6 Å². The number of benzene rings is 1. The van der Waals surface area contributed by atoms with Crippen LogP contribution in [0.1, 0.15) is 23.0 Å². The summed E-state index contributed by atoms with van der Waals surface area (Å²) < 4.78 is 1.86. The molecule has 0 radical (unpaired) electrons. The fourth-order valence-corrected chi connectivity index (χ4v) is 2.45. The maximum Gasteiger partial charge on any atom is 0.241 e. The quantitative estimate of drug-likeness (QED) is 0.867. The molecule has 2 aromatic rings. The summed E-state index contributed by atoms with van der Waals surface area (Å²) in [7, 11) is 5.72. The van der Waals surface area contributed by atoms with E-state index in [1.54, 1.807) is 6.33 Å². The van der Waals surface area contributed by atoms with Gasteiger partial charge in [0.05, 0.1) is 0 Å². The Balaban J connectivity index is 2.00. The maximum atomic E-state index is 12.5. The summed E-state index contributed by atoms with van der Waals surface area (Å²) in [6.45, 7) is 2.57. The molecule has 0 saturated heterocycles. The average Bonchev–Trinajstić information content (AvgIpc) is 2.84. The second kappa shape index (κ2) is 7.17. The first-order valence-corrected chi connectivity index (χ1v) is 7.32. The molecule has 0 spiro atoms. The highest BCUT2D eigenvalue weighted by atomic mass is 16.2. The molecule has 0 aliphatic heterocycles. The summed E-state index contributed by atoms with van der Waals surface area (Å²) in [5.74, 6) is 0.857. The molecule has 118 valence electrons. The zero-order valence-electron chi connectivity index (χ0n) is 13.6. The van der Waals surface area contributed by atoms with Gasteiger partial charge in [0.1, 0.15) is 18.2 Å². The first-order chi connectivity index (χ1) is 10.5. The van der Waals surface area contributed by atoms with Gasteiger partial charge in [-0.3, -0.25) is 9.69 Å². The third-order valence-corrected chi connectivity index (χ3v) is 3.58. The van der Waals surface area contributed by atoms with E-state index in [0.29, 0.717) is 13.0 Å². The highest BCUT2D eigenvalue weighted by molar-refractivity contribution is 5.83. The van der Waals surface area contributed by atoms with Crippen molar-refractivity contribution in [1.29, 1.82) is 0 Å². The Labute approximate surface area is 131 Å². The van der Waals surface area contributed by atoms with E-state index in [2.05, 4.69) is 15.5 Å². The Bertz CT molecular complexity index is 635. The maximum absolute atomic E-state index is 12.5. The van der Waals surface area contributed by atoms with E-state index in [-0.39, 0.29) is 11.9 Å². The molecule has 1 atom stereocenters. The van der Waals surface area contributed by atoms with Crippen LogP contribution in [0, 0.1) is 6.92 Å². The lowest BCUT2D eigenvalue weighted by Crippen LogP contribution is -2.38. The molecule has 22 heavy (non-hydrogen) atoms. The average molecular weight is 301 g/mol. The summed E-state index contributed by atoms with van der Waals surface area (Å²) in [4.78, 5) is 14.4. The molecule has 0 saturated carbocycles. The third kappa shape index (κ3) is 3.92. The van der Waals surface area contributed by atoms with E-state index in [9.17, 15) is 4.79 Å². The lowest BCUT2D eigenvalue weighted by molar-refractivity contribution is -0.125. The van der Waals surface area contributed by atoms with Crippen LogP contribution in [0.25, 0.3) is 0 Å². The number of carbonyl (C=O) groups is 1. The lowest BCUT2D eigenvalue weighted by Gasteiger charge is -2.24. The third-order valence-electron chi connectivity index (χ3n) is 3.58. The number of amides is 1. The Morgan fingerprint density at radius 2 is 2.18 bits per heavy atom. The van der Waals surface area contributed by atoms with E-state index in [4.69, 9.17) is 0 Å². The van der Waals surface area contributed by atoms with E-state index in [0.717, 1.165) is 17.0 Å². The highest BCUT2D eigenvalue weighted by Gasteiger charge is 2.22. The van der Waals surface area contributed by atoms with Crippen LogP contribution < -0.4 is 5.32 Å². The van der Waals surface area contributed by atoms with Gasteiger partial charge in [-0.25, -0.2) is 0 Å². The molecular weight excluding hydrogens is 278 g/mol. The predicted octanol–water partition coefficient (Wildman–Crippen LogP) is 1.09. The highest BCUT2D eigenvalue weighted by Crippen LogP contribution is 2.19. The minimum atomic E-state index is -0.292. The molecule has 6 nitrogen and oxygen atoms in total. The van der Waals surface area contributed by atoms with Crippen LogP contribution in [0.4, 0.5) is 0 Å². The number of likely N-dealkylation sites (N-methyl/N-ethyl adjacent to an activating group) is 1. The van der Waals surface area contributed by atoms with E-state index < -0.39 is 0 Å². The van der Waals surface area contributed by atoms with Gasteiger partial charge in [0.25, 0.3) is 0 Å². The molecule has 6 heteroatoms. The zero-order chi connectivity index (χ0) is 16.1. The molecule has 0 fully saturated rings. The lowest BCUT2D eigenvalue weighted by atomic mass is 10.0. The molecule has 0 aliphatic carbocycles. The first kappa shape index (κ1) is 16.2. The number of rotatable bonds is 6. The van der Waals surface area contributed by atoms with E-state index in [1.807, 2.05) is 61.8 Å². The molecule has 0 bridgehead atoms. The fourth-order valence-electron chi connectivity index (χ4n) is 2.45. The fraction of sp³-hybridized carbons (Fsp3) is 0.438. The molecule has 1 amide bonds. The van der Waals surface area contributed by atoms with E-state index in [1.165, 1.54) is 0 Å². The minimum absolute atomic E-state index is 0.00207. The Morgan fingerprint density at radius 1 is 1.41 bits per heavy atom. The summed E-state index contributed by atoms with van der Waals surface area (Å²) >= 11 is 0. The van der Waals surface area contributed by atoms with Gasteiger partial charge < -0.3 is 9.88 Å². The number of aromatic nitrogens is 3. The van der Waals surface area contributed by atoms with Gasteiger partial charge in [0.2, 0.25) is 5.91 Å². The number of hydrogen-bond acceptors (Lipinski definition) is 4. The van der Waals surface area contributed by atoms with Gasteiger partial charge in [-0.1, -0.05) is 29.8 Å². The predicted molar refractivity (Wildman–Crippen MR) is 85.3 cm³/mol. The Morgan fingerprint density at radius 3 is 2.77 bits per heavy atom. The largest absolute Gasteiger partial charge is 0.354 e. The van der Waals surface area contributed by atoms with Crippen LogP contribution in [-0.4, -0.2) is 46.2 Å². The molecule has 0 unspecified atom stereocenters. The molecular formula is C16H23N5O. The number of nitrogens with one attached hydrogen (secondary N) is 1. The standard InChI is InChI=1S/C16H23N5O/c1-12-6-5-7-13(10-12)15(20(2)3)16(22)17-9-8-14-19-18-11-21(14)4/h5-7,10-11,15H,8-9H2,1-4H3,(H,17,22)/t15-/m0/s1. The molecule has 0 aliphatic rings. The molecule has 2 rings (SSSR count). The number of carbonyl (C=O) groups excluding carboxylic acids is 1. The van der Waals surface area contributed by atoms with Crippen molar-refractivity contribution in [1.82, 2.24) is 25.0 Å². The van der Waals surface area contributed by atoms with Crippen molar-refractivity contribution in [2.45, 2.75) is 19.4 Å². The smallest absolute Gasteiger partial charge is 0.241 e. The van der Waals surface area contributed by atoms with Gasteiger partial charge in [-0.15, -0.1) is 10.2 Å². The van der Waals surface area contributed by atoms with Crippen molar-refractivity contribution >= 4 is 5.91 Å². The molecule has 1 aromatic heterocycles. The monoisotopic (exact) mass is 301 g/mol. The molecule has 1 heterocycles. The normalized spacial score (nSPS) is 12.4. The number of nitrogens with zero attached hydrogens (tertiary/aromatic N) is 4. The van der Waals surface area contributed by atoms with Gasteiger partial charge in [0.15, 0.2) is 0 Å². The zero-order valence-corrected chi connectivity index (χ0v) is 13.6. The number of aryl methyl sites for hydroxylation is 2. The summed E-state index contributed by atoms with van der Waals surface area (Å²) in [5, 5.41) is 10.8. The van der Waals surface area contributed by atoms with Crippen molar-refractivity contribution < 1.29 is 4.79 Å². The second-order valence-corrected chi connectivity index (χ2v) is 5.68. The summed E-state index contributed by atoms with van der Waals surface area (Å²) in [6.07, 6.45) is 2.32. The van der Waals surface area contributed by atoms with Gasteiger partial charge in [-0.05, 0) is 26.6 Å². The van der Waals surface area contributed by atoms with Crippen molar-refractivity contribution in [2.75, 3.05) is 20.6 Å². The topological polar surface area (TPSA) is 63.1 Å². The minimum Gasteiger partial charge on any atom is -0.354 e. The van der Waals surface area contributed by atoms with Gasteiger partial charge >= 0.3 is 0 Å².